The number of carboxylic acid groups (broad SMARTS) is 1. The van der Waals surface area contributed by atoms with Crippen LogP contribution in [-0.2, 0) is 17.9 Å². The standard InChI is InChI=1S/C31H38N4O2/c1-21(2)32-19-26-20-35(18-8-6-5-7-9-27(36)37)31-30(26)33-28(24-14-10-22(3)11-15-24)29(34-31)25-16-12-23(4)13-17-25/h10-17,20-21,32H,5-9,18-19H2,1-4H3,(H,36,37). The maximum absolute atomic E-state index is 10.8. The fourth-order valence-corrected chi connectivity index (χ4v) is 4.50. The Labute approximate surface area is 219 Å². The zero-order chi connectivity index (χ0) is 26.4. The molecule has 6 heteroatoms. The van der Waals surface area contributed by atoms with Gasteiger partial charge in [-0.3, -0.25) is 4.79 Å². The van der Waals surface area contributed by atoms with Gasteiger partial charge < -0.3 is 15.0 Å². The van der Waals surface area contributed by atoms with Crippen molar-refractivity contribution in [1.29, 1.82) is 0 Å². The van der Waals surface area contributed by atoms with Gasteiger partial charge in [0, 0.05) is 48.4 Å². The lowest BCUT2D eigenvalue weighted by atomic mass is 10.0. The number of rotatable bonds is 12. The van der Waals surface area contributed by atoms with Crippen molar-refractivity contribution >= 4 is 17.1 Å². The highest BCUT2D eigenvalue weighted by Gasteiger charge is 2.19. The first-order valence-corrected chi connectivity index (χ1v) is 13.3. The highest BCUT2D eigenvalue weighted by molar-refractivity contribution is 5.87. The minimum Gasteiger partial charge on any atom is -0.481 e. The average Bonchev–Trinajstić information content (AvgIpc) is 3.21. The molecule has 2 N–H and O–H groups in total. The minimum atomic E-state index is -0.720. The van der Waals surface area contributed by atoms with E-state index in [0.29, 0.717) is 6.04 Å². The summed E-state index contributed by atoms with van der Waals surface area (Å²) in [7, 11) is 0. The van der Waals surface area contributed by atoms with E-state index in [2.05, 4.69) is 92.3 Å². The summed E-state index contributed by atoms with van der Waals surface area (Å²) in [4.78, 5) is 21.3. The molecule has 0 aliphatic carbocycles. The highest BCUT2D eigenvalue weighted by Crippen LogP contribution is 2.33. The Kier molecular flexibility index (Phi) is 8.72. The summed E-state index contributed by atoms with van der Waals surface area (Å²) in [6.07, 6.45) is 6.04. The van der Waals surface area contributed by atoms with Crippen LogP contribution in [0, 0.1) is 13.8 Å². The summed E-state index contributed by atoms with van der Waals surface area (Å²) in [5, 5.41) is 12.4. The van der Waals surface area contributed by atoms with Gasteiger partial charge in [0.25, 0.3) is 0 Å². The number of hydrogen-bond acceptors (Lipinski definition) is 4. The van der Waals surface area contributed by atoms with Gasteiger partial charge in [0.05, 0.1) is 11.4 Å². The topological polar surface area (TPSA) is 80.0 Å². The first kappa shape index (κ1) is 26.6. The number of fused-ring (bicyclic) bond motifs is 1. The molecule has 6 nitrogen and oxygen atoms in total. The van der Waals surface area contributed by atoms with E-state index in [1.54, 1.807) is 0 Å². The van der Waals surface area contributed by atoms with E-state index >= 15 is 0 Å². The Morgan fingerprint density at radius 1 is 0.865 bits per heavy atom. The summed E-state index contributed by atoms with van der Waals surface area (Å²) in [6.45, 7) is 10.0. The molecule has 0 saturated carbocycles. The summed E-state index contributed by atoms with van der Waals surface area (Å²) < 4.78 is 2.23. The molecule has 0 aliphatic heterocycles. The van der Waals surface area contributed by atoms with E-state index in [4.69, 9.17) is 15.1 Å². The predicted molar refractivity (Wildman–Crippen MR) is 151 cm³/mol. The van der Waals surface area contributed by atoms with Crippen molar-refractivity contribution in [2.45, 2.75) is 78.9 Å². The van der Waals surface area contributed by atoms with Crippen molar-refractivity contribution in [2.24, 2.45) is 0 Å². The Hall–Kier alpha value is -3.51. The zero-order valence-corrected chi connectivity index (χ0v) is 22.4. The number of benzene rings is 2. The van der Waals surface area contributed by atoms with Gasteiger partial charge in [-0.15, -0.1) is 0 Å². The van der Waals surface area contributed by atoms with Crippen LogP contribution in [0.2, 0.25) is 0 Å². The third-order valence-corrected chi connectivity index (χ3v) is 6.66. The molecule has 0 bridgehead atoms. The maximum Gasteiger partial charge on any atom is 0.303 e. The number of aryl methyl sites for hydroxylation is 3. The number of carbonyl (C=O) groups is 1. The lowest BCUT2D eigenvalue weighted by Crippen LogP contribution is -2.21. The van der Waals surface area contributed by atoms with Gasteiger partial charge in [-0.1, -0.05) is 86.3 Å². The van der Waals surface area contributed by atoms with Crippen molar-refractivity contribution in [3.63, 3.8) is 0 Å². The van der Waals surface area contributed by atoms with E-state index in [1.807, 2.05) is 0 Å². The molecular weight excluding hydrogens is 460 g/mol. The fourth-order valence-electron chi connectivity index (χ4n) is 4.50. The fraction of sp³-hybridized carbons (Fsp3) is 0.387. The van der Waals surface area contributed by atoms with E-state index in [9.17, 15) is 4.79 Å². The Bertz CT molecular complexity index is 1340. The minimum absolute atomic E-state index is 0.241. The number of hydrogen-bond donors (Lipinski definition) is 2. The molecule has 0 amide bonds. The van der Waals surface area contributed by atoms with Crippen LogP contribution in [0.25, 0.3) is 33.7 Å². The van der Waals surface area contributed by atoms with Gasteiger partial charge in [0.2, 0.25) is 0 Å². The van der Waals surface area contributed by atoms with Gasteiger partial charge in [0.15, 0.2) is 5.65 Å². The molecule has 2 aromatic heterocycles. The lowest BCUT2D eigenvalue weighted by molar-refractivity contribution is -0.137. The van der Waals surface area contributed by atoms with E-state index < -0.39 is 5.97 Å². The number of nitrogens with one attached hydrogen (secondary N) is 1. The summed E-state index contributed by atoms with van der Waals surface area (Å²) in [5.74, 6) is -0.720. The van der Waals surface area contributed by atoms with E-state index in [1.165, 1.54) is 11.1 Å². The molecule has 0 aliphatic rings. The third-order valence-electron chi connectivity index (χ3n) is 6.66. The first-order chi connectivity index (χ1) is 17.8. The molecule has 37 heavy (non-hydrogen) atoms. The molecule has 0 saturated heterocycles. The van der Waals surface area contributed by atoms with Crippen LogP contribution >= 0.6 is 0 Å². The Morgan fingerprint density at radius 3 is 2.00 bits per heavy atom. The molecular formula is C31H38N4O2. The Morgan fingerprint density at radius 2 is 1.43 bits per heavy atom. The van der Waals surface area contributed by atoms with Gasteiger partial charge in [-0.05, 0) is 26.7 Å². The van der Waals surface area contributed by atoms with Crippen LogP contribution in [0.4, 0.5) is 0 Å². The molecule has 4 aromatic rings. The van der Waals surface area contributed by atoms with Crippen molar-refractivity contribution in [1.82, 2.24) is 19.9 Å². The number of aromatic nitrogens is 3. The molecule has 0 unspecified atom stereocenters. The van der Waals surface area contributed by atoms with Gasteiger partial charge in [0.1, 0.15) is 5.52 Å². The molecule has 0 atom stereocenters. The van der Waals surface area contributed by atoms with Crippen molar-refractivity contribution in [2.75, 3.05) is 0 Å². The quantitative estimate of drug-likeness (QED) is 0.207. The van der Waals surface area contributed by atoms with Gasteiger partial charge in [-0.2, -0.15) is 0 Å². The lowest BCUT2D eigenvalue weighted by Gasteiger charge is -2.12. The van der Waals surface area contributed by atoms with Crippen molar-refractivity contribution in [3.05, 3.63) is 71.4 Å². The predicted octanol–water partition coefficient (Wildman–Crippen LogP) is 6.92. The molecule has 4 rings (SSSR count). The normalized spacial score (nSPS) is 11.5. The second-order valence-corrected chi connectivity index (χ2v) is 10.3. The SMILES string of the molecule is Cc1ccc(-c2nc3c(CNC(C)C)cn(CCCCCCC(=O)O)c3nc2-c2ccc(C)cc2)cc1. The zero-order valence-electron chi connectivity index (χ0n) is 22.4. The summed E-state index contributed by atoms with van der Waals surface area (Å²) in [5.41, 5.74) is 9.31. The van der Waals surface area contributed by atoms with Crippen LogP contribution < -0.4 is 5.32 Å². The number of nitrogens with zero attached hydrogens (tertiary/aromatic N) is 3. The second-order valence-electron chi connectivity index (χ2n) is 10.3. The number of carboxylic acids is 1. The molecule has 194 valence electrons. The summed E-state index contributed by atoms with van der Waals surface area (Å²) in [6, 6.07) is 17.4. The van der Waals surface area contributed by atoms with Gasteiger partial charge >= 0.3 is 5.97 Å². The molecule has 2 heterocycles. The van der Waals surface area contributed by atoms with Crippen LogP contribution in [0.15, 0.2) is 54.7 Å². The van der Waals surface area contributed by atoms with Crippen LogP contribution in [0.1, 0.15) is 62.6 Å². The van der Waals surface area contributed by atoms with Crippen molar-refractivity contribution < 1.29 is 9.90 Å². The summed E-state index contributed by atoms with van der Waals surface area (Å²) >= 11 is 0. The largest absolute Gasteiger partial charge is 0.481 e. The second kappa shape index (κ2) is 12.2. The van der Waals surface area contributed by atoms with Crippen molar-refractivity contribution in [3.8, 4) is 22.5 Å². The van der Waals surface area contributed by atoms with Crippen LogP contribution in [0.3, 0.4) is 0 Å². The molecule has 0 fully saturated rings. The number of unbranched alkanes of at least 4 members (excludes halogenated alkanes) is 3. The number of aliphatic carboxylic acids is 1. The smallest absolute Gasteiger partial charge is 0.303 e. The highest BCUT2D eigenvalue weighted by atomic mass is 16.4. The average molecular weight is 499 g/mol. The molecule has 0 spiro atoms. The van der Waals surface area contributed by atoms with Crippen LogP contribution in [0.5, 0.6) is 0 Å². The maximum atomic E-state index is 10.8. The third kappa shape index (κ3) is 6.83. The molecule has 2 aromatic carbocycles. The first-order valence-electron chi connectivity index (χ1n) is 13.3. The Balaban J connectivity index is 1.76. The monoisotopic (exact) mass is 498 g/mol. The van der Waals surface area contributed by atoms with Crippen LogP contribution in [-0.4, -0.2) is 31.7 Å². The van der Waals surface area contributed by atoms with E-state index in [0.717, 1.165) is 78.0 Å². The molecule has 0 radical (unpaired) electrons. The van der Waals surface area contributed by atoms with E-state index in [-0.39, 0.29) is 6.42 Å². The van der Waals surface area contributed by atoms with Gasteiger partial charge in [-0.25, -0.2) is 9.97 Å².